The quantitative estimate of drug-likeness (QED) is 0.806. The molecule has 14 heavy (non-hydrogen) atoms. The Hall–Kier alpha value is -0.340. The lowest BCUT2D eigenvalue weighted by molar-refractivity contribution is 0.291. The number of thiophene rings is 1. The van der Waals surface area contributed by atoms with Crippen molar-refractivity contribution in [3.63, 3.8) is 0 Å². The summed E-state index contributed by atoms with van der Waals surface area (Å²) >= 11 is 1.93. The number of nitrogens with one attached hydrogen (secondary N) is 1. The summed E-state index contributed by atoms with van der Waals surface area (Å²) in [5.74, 6) is 0. The van der Waals surface area contributed by atoms with Crippen LogP contribution in [0.4, 0.5) is 0 Å². The number of hydrogen-bond acceptors (Lipinski definition) is 2. The summed E-state index contributed by atoms with van der Waals surface area (Å²) in [6, 6.07) is 4.50. The minimum absolute atomic E-state index is 0.459. The second kappa shape index (κ2) is 4.45. The third kappa shape index (κ3) is 1.86. The molecule has 0 spiro atoms. The first-order valence-corrected chi connectivity index (χ1v) is 6.44. The minimum Gasteiger partial charge on any atom is -0.319 e. The van der Waals surface area contributed by atoms with Crippen molar-refractivity contribution >= 4 is 11.3 Å². The van der Waals surface area contributed by atoms with Gasteiger partial charge < -0.3 is 5.32 Å². The third-order valence-corrected chi connectivity index (χ3v) is 4.49. The van der Waals surface area contributed by atoms with Gasteiger partial charge in [-0.3, -0.25) is 0 Å². The topological polar surface area (TPSA) is 12.0 Å². The van der Waals surface area contributed by atoms with Crippen molar-refractivity contribution in [2.24, 2.45) is 0 Å². The summed E-state index contributed by atoms with van der Waals surface area (Å²) in [6.07, 6.45) is 6.97. The molecular weight excluding hydrogens is 190 g/mol. The Morgan fingerprint density at radius 2 is 2.14 bits per heavy atom. The maximum absolute atomic E-state index is 3.37. The summed E-state index contributed by atoms with van der Waals surface area (Å²) in [7, 11) is 2.07. The lowest BCUT2D eigenvalue weighted by Crippen LogP contribution is -2.37. The molecule has 1 aliphatic carbocycles. The first kappa shape index (κ1) is 10.2. The molecule has 78 valence electrons. The number of rotatable bonds is 3. The van der Waals surface area contributed by atoms with E-state index in [0.29, 0.717) is 5.41 Å². The molecule has 0 aliphatic heterocycles. The van der Waals surface area contributed by atoms with Gasteiger partial charge in [0.1, 0.15) is 0 Å². The molecular formula is C12H19NS. The molecule has 0 saturated heterocycles. The Kier molecular flexibility index (Phi) is 3.24. The van der Waals surface area contributed by atoms with E-state index in [4.69, 9.17) is 0 Å². The Balaban J connectivity index is 2.20. The van der Waals surface area contributed by atoms with Crippen molar-refractivity contribution in [2.45, 2.75) is 37.5 Å². The fourth-order valence-electron chi connectivity index (χ4n) is 2.66. The van der Waals surface area contributed by atoms with E-state index in [9.17, 15) is 0 Å². The predicted molar refractivity (Wildman–Crippen MR) is 63.0 cm³/mol. The van der Waals surface area contributed by atoms with E-state index in [1.54, 1.807) is 4.88 Å². The van der Waals surface area contributed by atoms with Crippen LogP contribution in [0.5, 0.6) is 0 Å². The fraction of sp³-hybridized carbons (Fsp3) is 0.667. The molecule has 0 atom stereocenters. The van der Waals surface area contributed by atoms with Crippen molar-refractivity contribution in [1.29, 1.82) is 0 Å². The van der Waals surface area contributed by atoms with Gasteiger partial charge in [-0.1, -0.05) is 25.3 Å². The van der Waals surface area contributed by atoms with Crippen LogP contribution in [0.25, 0.3) is 0 Å². The molecule has 1 N–H and O–H groups in total. The van der Waals surface area contributed by atoms with E-state index >= 15 is 0 Å². The van der Waals surface area contributed by atoms with Gasteiger partial charge in [0.2, 0.25) is 0 Å². The zero-order valence-corrected chi connectivity index (χ0v) is 9.70. The van der Waals surface area contributed by atoms with E-state index in [2.05, 4.69) is 29.9 Å². The minimum atomic E-state index is 0.459. The normalized spacial score (nSPS) is 20.9. The smallest absolute Gasteiger partial charge is 0.0171 e. The summed E-state index contributed by atoms with van der Waals surface area (Å²) in [5.41, 5.74) is 0.459. The van der Waals surface area contributed by atoms with Gasteiger partial charge in [-0.05, 0) is 31.3 Å². The molecule has 1 nitrogen and oxygen atoms in total. The van der Waals surface area contributed by atoms with Crippen LogP contribution in [0.3, 0.4) is 0 Å². The predicted octanol–water partition coefficient (Wildman–Crippen LogP) is 3.17. The van der Waals surface area contributed by atoms with E-state index in [1.807, 2.05) is 11.3 Å². The maximum Gasteiger partial charge on any atom is 0.0171 e. The molecule has 0 aromatic carbocycles. The van der Waals surface area contributed by atoms with E-state index in [-0.39, 0.29) is 0 Å². The van der Waals surface area contributed by atoms with Crippen LogP contribution < -0.4 is 5.32 Å². The molecule has 1 saturated carbocycles. The van der Waals surface area contributed by atoms with E-state index < -0.39 is 0 Å². The Labute approximate surface area is 90.5 Å². The first-order valence-electron chi connectivity index (χ1n) is 5.56. The lowest BCUT2D eigenvalue weighted by atomic mass is 9.73. The largest absolute Gasteiger partial charge is 0.319 e. The van der Waals surface area contributed by atoms with Gasteiger partial charge in [-0.25, -0.2) is 0 Å². The number of likely N-dealkylation sites (N-methyl/N-ethyl adjacent to an activating group) is 1. The maximum atomic E-state index is 3.37. The van der Waals surface area contributed by atoms with Crippen molar-refractivity contribution in [1.82, 2.24) is 5.32 Å². The van der Waals surface area contributed by atoms with Gasteiger partial charge in [0.15, 0.2) is 0 Å². The highest BCUT2D eigenvalue weighted by molar-refractivity contribution is 7.10. The fourth-order valence-corrected chi connectivity index (χ4v) is 3.64. The first-order chi connectivity index (χ1) is 6.87. The second-order valence-corrected chi connectivity index (χ2v) is 5.30. The highest BCUT2D eigenvalue weighted by Crippen LogP contribution is 2.40. The molecule has 1 heterocycles. The Morgan fingerprint density at radius 3 is 2.71 bits per heavy atom. The molecule has 0 radical (unpaired) electrons. The molecule has 0 unspecified atom stereocenters. The standard InChI is InChI=1S/C12H19NS/c1-13-10-12(7-3-2-4-8-12)11-6-5-9-14-11/h5-6,9,13H,2-4,7-8,10H2,1H3. The van der Waals surface area contributed by atoms with Crippen LogP contribution in [0.15, 0.2) is 17.5 Å². The van der Waals surface area contributed by atoms with Crippen molar-refractivity contribution in [3.8, 4) is 0 Å². The summed E-state index contributed by atoms with van der Waals surface area (Å²) in [6.45, 7) is 1.15. The third-order valence-electron chi connectivity index (χ3n) is 3.37. The van der Waals surface area contributed by atoms with Crippen molar-refractivity contribution in [3.05, 3.63) is 22.4 Å². The summed E-state index contributed by atoms with van der Waals surface area (Å²) in [5, 5.41) is 5.58. The van der Waals surface area contributed by atoms with E-state index in [1.165, 1.54) is 32.1 Å². The SMILES string of the molecule is CNCC1(c2cccs2)CCCCC1. The van der Waals surface area contributed by atoms with Crippen LogP contribution in [-0.4, -0.2) is 13.6 Å². The van der Waals surface area contributed by atoms with Crippen LogP contribution in [0.1, 0.15) is 37.0 Å². The van der Waals surface area contributed by atoms with Crippen LogP contribution in [0, 0.1) is 0 Å². The zero-order chi connectivity index (χ0) is 9.86. The van der Waals surface area contributed by atoms with Gasteiger partial charge in [0, 0.05) is 16.8 Å². The average molecular weight is 209 g/mol. The molecule has 1 fully saturated rings. The van der Waals surface area contributed by atoms with Gasteiger partial charge >= 0.3 is 0 Å². The Morgan fingerprint density at radius 1 is 1.36 bits per heavy atom. The average Bonchev–Trinajstić information content (AvgIpc) is 2.73. The van der Waals surface area contributed by atoms with Gasteiger partial charge in [-0.2, -0.15) is 0 Å². The van der Waals surface area contributed by atoms with Crippen LogP contribution in [0.2, 0.25) is 0 Å². The van der Waals surface area contributed by atoms with Gasteiger partial charge in [0.05, 0.1) is 0 Å². The highest BCUT2D eigenvalue weighted by Gasteiger charge is 2.33. The molecule has 1 aromatic rings. The molecule has 1 aliphatic rings. The molecule has 0 amide bonds. The zero-order valence-electron chi connectivity index (χ0n) is 8.88. The molecule has 2 heteroatoms. The molecule has 0 bridgehead atoms. The van der Waals surface area contributed by atoms with Crippen LogP contribution >= 0.6 is 11.3 Å². The molecule has 2 rings (SSSR count). The molecule has 1 aromatic heterocycles. The monoisotopic (exact) mass is 209 g/mol. The van der Waals surface area contributed by atoms with Crippen molar-refractivity contribution in [2.75, 3.05) is 13.6 Å². The number of hydrogen-bond donors (Lipinski definition) is 1. The second-order valence-electron chi connectivity index (χ2n) is 4.35. The summed E-state index contributed by atoms with van der Waals surface area (Å²) in [4.78, 5) is 1.59. The van der Waals surface area contributed by atoms with E-state index in [0.717, 1.165) is 6.54 Å². The van der Waals surface area contributed by atoms with Crippen molar-refractivity contribution < 1.29 is 0 Å². The summed E-state index contributed by atoms with van der Waals surface area (Å²) < 4.78 is 0. The highest BCUT2D eigenvalue weighted by atomic mass is 32.1. The van der Waals surface area contributed by atoms with Gasteiger partial charge in [-0.15, -0.1) is 11.3 Å². The van der Waals surface area contributed by atoms with Crippen LogP contribution in [-0.2, 0) is 5.41 Å². The Bertz CT molecular complexity index is 254. The van der Waals surface area contributed by atoms with Gasteiger partial charge in [0.25, 0.3) is 0 Å². The lowest BCUT2D eigenvalue weighted by Gasteiger charge is -2.36.